The van der Waals surface area contributed by atoms with Gasteiger partial charge in [0.25, 0.3) is 11.5 Å². The van der Waals surface area contributed by atoms with Gasteiger partial charge in [-0.25, -0.2) is 9.37 Å². The molecule has 0 radical (unpaired) electrons. The van der Waals surface area contributed by atoms with E-state index in [-0.39, 0.29) is 17.3 Å². The molecule has 6 nitrogen and oxygen atoms in total. The Balaban J connectivity index is 1.49. The second kappa shape index (κ2) is 8.30. The number of hydrogen-bond donors (Lipinski definition) is 1. The number of rotatable bonds is 7. The molecule has 27 heavy (non-hydrogen) atoms. The van der Waals surface area contributed by atoms with E-state index in [1.807, 2.05) is 0 Å². The van der Waals surface area contributed by atoms with E-state index < -0.39 is 0 Å². The Kier molecular flexibility index (Phi) is 5.85. The van der Waals surface area contributed by atoms with E-state index in [9.17, 15) is 14.0 Å². The average Bonchev–Trinajstić information content (AvgIpc) is 3.00. The monoisotopic (exact) mass is 389 g/mol. The zero-order valence-corrected chi connectivity index (χ0v) is 15.9. The Morgan fingerprint density at radius 3 is 2.78 bits per heavy atom. The summed E-state index contributed by atoms with van der Waals surface area (Å²) in [7, 11) is 1.64. The third-order valence-corrected chi connectivity index (χ3v) is 5.35. The molecule has 0 atom stereocenters. The molecule has 0 unspecified atom stereocenters. The summed E-state index contributed by atoms with van der Waals surface area (Å²) in [5.41, 5.74) is 0.520. The Morgan fingerprint density at radius 2 is 2.04 bits per heavy atom. The van der Waals surface area contributed by atoms with E-state index in [1.165, 1.54) is 34.4 Å². The first-order valence-corrected chi connectivity index (χ1v) is 9.40. The van der Waals surface area contributed by atoms with Gasteiger partial charge < -0.3 is 14.6 Å². The lowest BCUT2D eigenvalue weighted by atomic mass is 10.2. The van der Waals surface area contributed by atoms with Gasteiger partial charge in [0.1, 0.15) is 16.4 Å². The minimum Gasteiger partial charge on any atom is -0.494 e. The number of carbonyl (C=O) groups excluding carboxylic acids is 1. The fourth-order valence-corrected chi connectivity index (χ4v) is 3.71. The first-order valence-electron chi connectivity index (χ1n) is 8.58. The molecule has 0 saturated heterocycles. The summed E-state index contributed by atoms with van der Waals surface area (Å²) in [5.74, 6) is 0.127. The van der Waals surface area contributed by atoms with E-state index in [4.69, 9.17) is 4.74 Å². The number of aromatic nitrogens is 2. The lowest BCUT2D eigenvalue weighted by Gasteiger charge is -2.07. The molecule has 3 aromatic rings. The third-order valence-electron chi connectivity index (χ3n) is 4.16. The number of aryl methyl sites for hydroxylation is 2. The van der Waals surface area contributed by atoms with Crippen LogP contribution in [-0.4, -0.2) is 28.6 Å². The number of thiophene rings is 1. The van der Waals surface area contributed by atoms with Crippen molar-refractivity contribution in [2.75, 3.05) is 13.2 Å². The molecular formula is C19H20FN3O3S. The predicted octanol–water partition coefficient (Wildman–Crippen LogP) is 3.03. The Morgan fingerprint density at radius 1 is 1.30 bits per heavy atom. The van der Waals surface area contributed by atoms with Crippen molar-refractivity contribution < 1.29 is 13.9 Å². The number of halogens is 1. The quantitative estimate of drug-likeness (QED) is 0.631. The summed E-state index contributed by atoms with van der Waals surface area (Å²) in [6, 6.07) is 5.87. The highest BCUT2D eigenvalue weighted by atomic mass is 32.1. The van der Waals surface area contributed by atoms with Gasteiger partial charge in [-0.15, -0.1) is 11.3 Å². The van der Waals surface area contributed by atoms with E-state index in [2.05, 4.69) is 10.3 Å². The maximum atomic E-state index is 12.8. The van der Waals surface area contributed by atoms with E-state index in [0.29, 0.717) is 39.6 Å². The van der Waals surface area contributed by atoms with Gasteiger partial charge in [-0.2, -0.15) is 0 Å². The summed E-state index contributed by atoms with van der Waals surface area (Å²) in [6.45, 7) is 2.77. The lowest BCUT2D eigenvalue weighted by molar-refractivity contribution is 0.0956. The molecule has 2 heterocycles. The van der Waals surface area contributed by atoms with Crippen LogP contribution in [0.1, 0.15) is 28.1 Å². The van der Waals surface area contributed by atoms with Gasteiger partial charge in [0.15, 0.2) is 0 Å². The van der Waals surface area contributed by atoms with E-state index in [0.717, 1.165) is 12.8 Å². The van der Waals surface area contributed by atoms with Crippen LogP contribution in [0.5, 0.6) is 5.75 Å². The number of hydrogen-bond acceptors (Lipinski definition) is 5. The molecular weight excluding hydrogens is 369 g/mol. The van der Waals surface area contributed by atoms with Gasteiger partial charge in [0, 0.05) is 13.6 Å². The number of amides is 1. The van der Waals surface area contributed by atoms with E-state index >= 15 is 0 Å². The van der Waals surface area contributed by atoms with Gasteiger partial charge in [-0.3, -0.25) is 9.59 Å². The predicted molar refractivity (Wildman–Crippen MR) is 103 cm³/mol. The molecule has 1 aromatic carbocycles. The zero-order valence-electron chi connectivity index (χ0n) is 15.1. The largest absolute Gasteiger partial charge is 0.494 e. The van der Waals surface area contributed by atoms with Crippen LogP contribution in [0.25, 0.3) is 10.2 Å². The number of benzene rings is 1. The smallest absolute Gasteiger partial charge is 0.262 e. The van der Waals surface area contributed by atoms with Crippen molar-refractivity contribution in [3.8, 4) is 5.75 Å². The first kappa shape index (κ1) is 19.0. The van der Waals surface area contributed by atoms with Gasteiger partial charge in [0.2, 0.25) is 0 Å². The number of nitrogens with zero attached hydrogens (tertiary/aromatic N) is 2. The van der Waals surface area contributed by atoms with Gasteiger partial charge in [-0.05, 0) is 49.6 Å². The fraction of sp³-hybridized carbons (Fsp3) is 0.316. The zero-order chi connectivity index (χ0) is 19.4. The second-order valence-corrected chi connectivity index (χ2v) is 7.16. The molecule has 0 aliphatic carbocycles. The molecule has 0 bridgehead atoms. The summed E-state index contributed by atoms with van der Waals surface area (Å²) >= 11 is 1.23. The molecule has 1 N–H and O–H groups in total. The average molecular weight is 389 g/mol. The van der Waals surface area contributed by atoms with Crippen LogP contribution in [0.4, 0.5) is 4.39 Å². The SMILES string of the molecule is Cc1c(C(=O)NCCCCOc2ccc(F)cc2)sc2ncn(C)c(=O)c12. The van der Waals surface area contributed by atoms with Crippen LogP contribution in [-0.2, 0) is 7.05 Å². The minimum absolute atomic E-state index is 0.147. The highest BCUT2D eigenvalue weighted by Crippen LogP contribution is 2.26. The molecule has 2 aromatic heterocycles. The maximum Gasteiger partial charge on any atom is 0.262 e. The van der Waals surface area contributed by atoms with Crippen molar-refractivity contribution >= 4 is 27.5 Å². The van der Waals surface area contributed by atoms with Crippen LogP contribution < -0.4 is 15.6 Å². The van der Waals surface area contributed by atoms with Gasteiger partial charge in [-0.1, -0.05) is 0 Å². The standard InChI is InChI=1S/C19H20FN3O3S/c1-12-15-18(22-11-23(2)19(15)25)27-16(12)17(24)21-9-3-4-10-26-14-7-5-13(20)6-8-14/h5-8,11H,3-4,9-10H2,1-2H3,(H,21,24). The van der Waals surface area contributed by atoms with Crippen LogP contribution in [0.15, 0.2) is 35.4 Å². The van der Waals surface area contributed by atoms with Crippen molar-refractivity contribution in [1.82, 2.24) is 14.9 Å². The molecule has 0 aliphatic heterocycles. The Labute approximate surface area is 159 Å². The molecule has 8 heteroatoms. The normalized spacial score (nSPS) is 10.9. The Hall–Kier alpha value is -2.74. The van der Waals surface area contributed by atoms with Crippen molar-refractivity contribution in [2.45, 2.75) is 19.8 Å². The highest BCUT2D eigenvalue weighted by molar-refractivity contribution is 7.20. The van der Waals surface area contributed by atoms with Crippen molar-refractivity contribution in [3.63, 3.8) is 0 Å². The highest BCUT2D eigenvalue weighted by Gasteiger charge is 2.18. The van der Waals surface area contributed by atoms with Gasteiger partial charge in [0.05, 0.1) is 23.2 Å². The second-order valence-electron chi connectivity index (χ2n) is 6.16. The molecule has 3 rings (SSSR count). The lowest BCUT2D eigenvalue weighted by Crippen LogP contribution is -2.24. The van der Waals surface area contributed by atoms with Crippen molar-refractivity contribution in [3.05, 3.63) is 57.2 Å². The summed E-state index contributed by atoms with van der Waals surface area (Å²) < 4.78 is 19.7. The van der Waals surface area contributed by atoms with Crippen LogP contribution >= 0.6 is 11.3 Å². The molecule has 142 valence electrons. The number of carbonyl (C=O) groups is 1. The third kappa shape index (κ3) is 4.33. The summed E-state index contributed by atoms with van der Waals surface area (Å²) in [5, 5.41) is 3.37. The summed E-state index contributed by atoms with van der Waals surface area (Å²) in [6.07, 6.45) is 2.96. The first-order chi connectivity index (χ1) is 13.0. The van der Waals surface area contributed by atoms with Crippen LogP contribution in [0.3, 0.4) is 0 Å². The number of ether oxygens (including phenoxy) is 1. The minimum atomic E-state index is -0.297. The molecule has 1 amide bonds. The number of unbranched alkanes of at least 4 members (excludes halogenated alkanes) is 1. The molecule has 0 saturated carbocycles. The summed E-state index contributed by atoms with van der Waals surface area (Å²) in [4.78, 5) is 29.9. The van der Waals surface area contributed by atoms with Gasteiger partial charge >= 0.3 is 0 Å². The number of fused-ring (bicyclic) bond motifs is 1. The molecule has 0 spiro atoms. The van der Waals surface area contributed by atoms with E-state index in [1.54, 1.807) is 26.1 Å². The van der Waals surface area contributed by atoms with Crippen molar-refractivity contribution in [2.24, 2.45) is 7.05 Å². The van der Waals surface area contributed by atoms with Crippen molar-refractivity contribution in [1.29, 1.82) is 0 Å². The van der Waals surface area contributed by atoms with Crippen LogP contribution in [0.2, 0.25) is 0 Å². The van der Waals surface area contributed by atoms with Crippen LogP contribution in [0, 0.1) is 12.7 Å². The Bertz CT molecular complexity index is 1010. The number of nitrogens with one attached hydrogen (secondary N) is 1. The topological polar surface area (TPSA) is 73.2 Å². The molecule has 0 aliphatic rings. The maximum absolute atomic E-state index is 12.8. The fourth-order valence-electron chi connectivity index (χ4n) is 2.66. The molecule has 0 fully saturated rings.